The largest absolute Gasteiger partial charge is 0.457 e. The Hall–Kier alpha value is -3.89. The molecule has 1 N–H and O–H groups in total. The maximum atomic E-state index is 12.8. The van der Waals surface area contributed by atoms with Crippen LogP contribution in [0.25, 0.3) is 0 Å². The molecule has 33 heavy (non-hydrogen) atoms. The van der Waals surface area contributed by atoms with Gasteiger partial charge >= 0.3 is 6.18 Å². The van der Waals surface area contributed by atoms with Crippen LogP contribution in [0.5, 0.6) is 11.5 Å². The summed E-state index contributed by atoms with van der Waals surface area (Å²) in [4.78, 5) is 23.1. The van der Waals surface area contributed by atoms with Gasteiger partial charge in [-0.15, -0.1) is 0 Å². The molecule has 0 atom stereocenters. The average Bonchev–Trinajstić information content (AvgIpc) is 3.10. The summed E-state index contributed by atoms with van der Waals surface area (Å²) in [7, 11) is 0. The molecule has 0 saturated heterocycles. The fourth-order valence-electron chi connectivity index (χ4n) is 3.07. The molecule has 0 aliphatic heterocycles. The maximum Gasteiger partial charge on any atom is 0.435 e. The number of nitrogens with one attached hydrogen (secondary N) is 1. The van der Waals surface area contributed by atoms with Crippen LogP contribution in [0.2, 0.25) is 0 Å². The molecule has 0 unspecified atom stereocenters. The Morgan fingerprint density at radius 3 is 2.52 bits per heavy atom. The number of nitro groups is 1. The van der Waals surface area contributed by atoms with Crippen molar-refractivity contribution < 1.29 is 27.6 Å². The second-order valence-electron chi connectivity index (χ2n) is 7.53. The predicted molar refractivity (Wildman–Crippen MR) is 114 cm³/mol. The van der Waals surface area contributed by atoms with Crippen LogP contribution in [0.4, 0.5) is 24.5 Å². The predicted octanol–water partition coefficient (Wildman–Crippen LogP) is 5.56. The smallest absolute Gasteiger partial charge is 0.435 e. The summed E-state index contributed by atoms with van der Waals surface area (Å²) in [6.07, 6.45) is -4.76. The van der Waals surface area contributed by atoms with Crippen molar-refractivity contribution in [1.82, 2.24) is 9.78 Å². The second kappa shape index (κ2) is 9.31. The zero-order chi connectivity index (χ0) is 24.3. The van der Waals surface area contributed by atoms with E-state index in [1.165, 1.54) is 25.1 Å². The van der Waals surface area contributed by atoms with Crippen LogP contribution in [-0.2, 0) is 17.5 Å². The summed E-state index contributed by atoms with van der Waals surface area (Å²) >= 11 is 0. The van der Waals surface area contributed by atoms with E-state index < -0.39 is 22.7 Å². The van der Waals surface area contributed by atoms with Crippen LogP contribution in [-0.4, -0.2) is 20.6 Å². The summed E-state index contributed by atoms with van der Waals surface area (Å²) in [6, 6.07) is 10.3. The first-order valence-electron chi connectivity index (χ1n) is 9.88. The highest BCUT2D eigenvalue weighted by Crippen LogP contribution is 2.32. The van der Waals surface area contributed by atoms with E-state index in [0.717, 1.165) is 21.9 Å². The van der Waals surface area contributed by atoms with Crippen molar-refractivity contribution in [2.45, 2.75) is 39.9 Å². The molecule has 0 fully saturated rings. The first-order valence-corrected chi connectivity index (χ1v) is 9.88. The van der Waals surface area contributed by atoms with Crippen LogP contribution in [0, 0.1) is 30.9 Å². The molecule has 0 radical (unpaired) electrons. The van der Waals surface area contributed by atoms with Gasteiger partial charge in [0, 0.05) is 30.8 Å². The molecule has 174 valence electrons. The number of hydrogen-bond acceptors (Lipinski definition) is 5. The van der Waals surface area contributed by atoms with Gasteiger partial charge in [0.15, 0.2) is 5.69 Å². The number of benzene rings is 2. The van der Waals surface area contributed by atoms with Crippen molar-refractivity contribution in [2.24, 2.45) is 0 Å². The summed E-state index contributed by atoms with van der Waals surface area (Å²) in [5, 5.41) is 17.3. The minimum absolute atomic E-state index is 0.0888. The van der Waals surface area contributed by atoms with Gasteiger partial charge in [-0.3, -0.25) is 19.6 Å². The van der Waals surface area contributed by atoms with Crippen LogP contribution >= 0.6 is 0 Å². The molecular weight excluding hydrogens is 441 g/mol. The van der Waals surface area contributed by atoms with Gasteiger partial charge in [0.05, 0.1) is 16.7 Å². The minimum atomic E-state index is -4.58. The first-order chi connectivity index (χ1) is 15.4. The topological polar surface area (TPSA) is 99.3 Å². The highest BCUT2D eigenvalue weighted by atomic mass is 19.4. The monoisotopic (exact) mass is 462 g/mol. The molecule has 1 amide bonds. The number of amides is 1. The SMILES string of the molecule is Cc1ccc(C)c(Oc2cc(NC(=O)CCn3nc(C(F)(F)F)cc3C)cc([N+](=O)[O-])c2)c1. The lowest BCUT2D eigenvalue weighted by Gasteiger charge is -2.12. The van der Waals surface area contributed by atoms with Crippen LogP contribution < -0.4 is 10.1 Å². The van der Waals surface area contributed by atoms with E-state index in [1.54, 1.807) is 6.07 Å². The van der Waals surface area contributed by atoms with Crippen molar-refractivity contribution in [3.8, 4) is 11.5 Å². The molecule has 3 aromatic rings. The molecule has 8 nitrogen and oxygen atoms in total. The van der Waals surface area contributed by atoms with E-state index in [-0.39, 0.29) is 35.8 Å². The Morgan fingerprint density at radius 1 is 1.15 bits per heavy atom. The summed E-state index contributed by atoms with van der Waals surface area (Å²) in [5.74, 6) is 0.130. The number of nitro benzene ring substituents is 1. The molecule has 1 heterocycles. The van der Waals surface area contributed by atoms with Crippen molar-refractivity contribution in [1.29, 1.82) is 0 Å². The Balaban J connectivity index is 1.74. The second-order valence-corrected chi connectivity index (χ2v) is 7.53. The van der Waals surface area contributed by atoms with Crippen LogP contribution in [0.1, 0.15) is 28.9 Å². The fraction of sp³-hybridized carbons (Fsp3) is 0.273. The lowest BCUT2D eigenvalue weighted by Crippen LogP contribution is -2.16. The Labute approximate surface area is 187 Å². The lowest BCUT2D eigenvalue weighted by molar-refractivity contribution is -0.384. The molecule has 0 saturated carbocycles. The summed E-state index contributed by atoms with van der Waals surface area (Å²) < 4.78 is 45.3. The number of ether oxygens (including phenoxy) is 1. The summed E-state index contributed by atoms with van der Waals surface area (Å²) in [6.45, 7) is 5.08. The van der Waals surface area contributed by atoms with Gasteiger partial charge in [-0.2, -0.15) is 18.3 Å². The molecule has 11 heteroatoms. The zero-order valence-electron chi connectivity index (χ0n) is 18.1. The number of anilines is 1. The Bertz CT molecular complexity index is 1200. The quantitative estimate of drug-likeness (QED) is 0.366. The highest BCUT2D eigenvalue weighted by molar-refractivity contribution is 5.91. The van der Waals surface area contributed by atoms with Crippen molar-refractivity contribution >= 4 is 17.3 Å². The molecule has 0 aliphatic carbocycles. The number of rotatable bonds is 7. The number of carbonyl (C=O) groups is 1. The maximum absolute atomic E-state index is 12.8. The minimum Gasteiger partial charge on any atom is -0.457 e. The Morgan fingerprint density at radius 2 is 1.88 bits per heavy atom. The van der Waals surface area contributed by atoms with Crippen molar-refractivity contribution in [3.63, 3.8) is 0 Å². The van der Waals surface area contributed by atoms with E-state index in [2.05, 4.69) is 10.4 Å². The van der Waals surface area contributed by atoms with Crippen molar-refractivity contribution in [2.75, 3.05) is 5.32 Å². The fourth-order valence-corrected chi connectivity index (χ4v) is 3.07. The molecule has 0 bridgehead atoms. The van der Waals surface area contributed by atoms with Gasteiger partial charge < -0.3 is 10.1 Å². The molecule has 0 aliphatic rings. The number of alkyl halides is 3. The van der Waals surface area contributed by atoms with Crippen LogP contribution in [0.3, 0.4) is 0 Å². The van der Waals surface area contributed by atoms with Crippen LogP contribution in [0.15, 0.2) is 42.5 Å². The standard InChI is InChI=1S/C22H21F3N4O4/c1-13-4-5-14(2)19(8-13)33-18-11-16(10-17(12-18)29(31)32)26-21(30)6-7-28-15(3)9-20(27-28)22(23,24)25/h4-5,8-12H,6-7H2,1-3H3,(H,26,30). The third-order valence-electron chi connectivity index (χ3n) is 4.78. The van der Waals surface area contributed by atoms with E-state index in [0.29, 0.717) is 5.75 Å². The highest BCUT2D eigenvalue weighted by Gasteiger charge is 2.34. The molecule has 3 rings (SSSR count). The van der Waals surface area contributed by atoms with E-state index in [1.807, 2.05) is 26.0 Å². The van der Waals surface area contributed by atoms with E-state index in [9.17, 15) is 28.1 Å². The van der Waals surface area contributed by atoms with E-state index in [4.69, 9.17) is 4.74 Å². The summed E-state index contributed by atoms with van der Waals surface area (Å²) in [5.41, 5.74) is 0.832. The number of aryl methyl sites for hydroxylation is 4. The Kier molecular flexibility index (Phi) is 6.70. The normalized spacial score (nSPS) is 11.3. The number of non-ortho nitro benzene ring substituents is 1. The third-order valence-corrected chi connectivity index (χ3v) is 4.78. The van der Waals surface area contributed by atoms with Gasteiger partial charge in [-0.25, -0.2) is 0 Å². The average molecular weight is 462 g/mol. The lowest BCUT2D eigenvalue weighted by atomic mass is 10.1. The number of hydrogen-bond donors (Lipinski definition) is 1. The zero-order valence-corrected chi connectivity index (χ0v) is 18.1. The molecule has 0 spiro atoms. The molecule has 1 aromatic heterocycles. The number of aromatic nitrogens is 2. The number of carbonyl (C=O) groups excluding carboxylic acids is 1. The van der Waals surface area contributed by atoms with Gasteiger partial charge in [-0.05, 0) is 44.0 Å². The van der Waals surface area contributed by atoms with E-state index >= 15 is 0 Å². The van der Waals surface area contributed by atoms with Gasteiger partial charge in [0.2, 0.25) is 5.91 Å². The third kappa shape index (κ3) is 6.09. The van der Waals surface area contributed by atoms with Gasteiger partial charge in [0.25, 0.3) is 5.69 Å². The number of halogens is 3. The van der Waals surface area contributed by atoms with Crippen molar-refractivity contribution in [3.05, 3.63) is 75.1 Å². The molecule has 2 aromatic carbocycles. The molecular formula is C22H21F3N4O4. The van der Waals surface area contributed by atoms with Gasteiger partial charge in [0.1, 0.15) is 11.5 Å². The van der Waals surface area contributed by atoms with Gasteiger partial charge in [-0.1, -0.05) is 12.1 Å². The number of nitrogens with zero attached hydrogens (tertiary/aromatic N) is 3. The first kappa shape index (κ1) is 23.8.